The van der Waals surface area contributed by atoms with Crippen LogP contribution in [0.3, 0.4) is 0 Å². The summed E-state index contributed by atoms with van der Waals surface area (Å²) in [6, 6.07) is 1.67. The van der Waals surface area contributed by atoms with Crippen LogP contribution in [-0.4, -0.2) is 11.9 Å². The highest BCUT2D eigenvalue weighted by Crippen LogP contribution is 2.48. The normalized spacial score (nSPS) is 30.6. The fourth-order valence-corrected chi connectivity index (χ4v) is 3.74. The molecule has 3 nitrogen and oxygen atoms in total. The number of alkyl halides is 3. The van der Waals surface area contributed by atoms with Gasteiger partial charge >= 0.3 is 6.18 Å². The third-order valence-electron chi connectivity index (χ3n) is 4.83. The standard InChI is InChI=1S/C15H16F4N2O/c16-10-4-3-9(15(17,18)19)6-11(10)21-14(22)12-7-1-2-8(5-7)13(12)20/h3-4,6-8,12-13H,1-2,5,20H2,(H,21,22). The molecule has 2 aliphatic rings. The van der Waals surface area contributed by atoms with Gasteiger partial charge in [0.15, 0.2) is 0 Å². The van der Waals surface area contributed by atoms with Crippen LogP contribution < -0.4 is 11.1 Å². The summed E-state index contributed by atoms with van der Waals surface area (Å²) >= 11 is 0. The Morgan fingerprint density at radius 3 is 2.50 bits per heavy atom. The molecule has 0 aliphatic heterocycles. The molecule has 3 rings (SSSR count). The number of carbonyl (C=O) groups is 1. The van der Waals surface area contributed by atoms with E-state index in [1.807, 2.05) is 0 Å². The number of halogens is 4. The van der Waals surface area contributed by atoms with Crippen LogP contribution in [0.2, 0.25) is 0 Å². The predicted molar refractivity (Wildman–Crippen MR) is 72.3 cm³/mol. The van der Waals surface area contributed by atoms with Crippen molar-refractivity contribution in [3.63, 3.8) is 0 Å². The summed E-state index contributed by atoms with van der Waals surface area (Å²) < 4.78 is 51.7. The average Bonchev–Trinajstić information content (AvgIpc) is 3.00. The number of rotatable bonds is 2. The zero-order chi connectivity index (χ0) is 16.1. The second kappa shape index (κ2) is 5.22. The van der Waals surface area contributed by atoms with Crippen LogP contribution >= 0.6 is 0 Å². The van der Waals surface area contributed by atoms with Crippen LogP contribution in [-0.2, 0) is 11.0 Å². The molecule has 22 heavy (non-hydrogen) atoms. The fourth-order valence-electron chi connectivity index (χ4n) is 3.74. The van der Waals surface area contributed by atoms with Crippen molar-refractivity contribution in [2.24, 2.45) is 23.5 Å². The number of anilines is 1. The first-order valence-electron chi connectivity index (χ1n) is 7.20. The molecule has 2 saturated carbocycles. The first-order chi connectivity index (χ1) is 10.3. The molecule has 120 valence electrons. The second-order valence-corrected chi connectivity index (χ2v) is 6.12. The first kappa shape index (κ1) is 15.3. The molecule has 1 aromatic rings. The van der Waals surface area contributed by atoms with Crippen LogP contribution in [0.1, 0.15) is 24.8 Å². The van der Waals surface area contributed by atoms with Gasteiger partial charge in [-0.15, -0.1) is 0 Å². The van der Waals surface area contributed by atoms with Crippen LogP contribution in [0.5, 0.6) is 0 Å². The Kier molecular flexibility index (Phi) is 3.63. The molecule has 7 heteroatoms. The summed E-state index contributed by atoms with van der Waals surface area (Å²) in [7, 11) is 0. The quantitative estimate of drug-likeness (QED) is 0.824. The molecule has 0 radical (unpaired) electrons. The zero-order valence-electron chi connectivity index (χ0n) is 11.7. The number of benzene rings is 1. The van der Waals surface area contributed by atoms with Crippen LogP contribution in [0.15, 0.2) is 18.2 Å². The van der Waals surface area contributed by atoms with Gasteiger partial charge in [-0.3, -0.25) is 4.79 Å². The molecule has 0 aromatic heterocycles. The maximum Gasteiger partial charge on any atom is 0.416 e. The molecule has 0 saturated heterocycles. The van der Waals surface area contributed by atoms with Crippen molar-refractivity contribution in [2.45, 2.75) is 31.5 Å². The lowest BCUT2D eigenvalue weighted by Gasteiger charge is -2.27. The zero-order valence-corrected chi connectivity index (χ0v) is 11.7. The Labute approximate surface area is 124 Å². The van der Waals surface area contributed by atoms with E-state index in [1.54, 1.807) is 0 Å². The highest BCUT2D eigenvalue weighted by Gasteiger charge is 2.49. The Hall–Kier alpha value is -1.63. The maximum absolute atomic E-state index is 13.7. The molecule has 1 amide bonds. The summed E-state index contributed by atoms with van der Waals surface area (Å²) in [5.74, 6) is -1.40. The maximum atomic E-state index is 13.7. The molecule has 3 N–H and O–H groups in total. The molecule has 2 aliphatic carbocycles. The van der Waals surface area contributed by atoms with E-state index in [1.165, 1.54) is 0 Å². The van der Waals surface area contributed by atoms with Crippen molar-refractivity contribution in [3.05, 3.63) is 29.6 Å². The van der Waals surface area contributed by atoms with Gasteiger partial charge in [0, 0.05) is 6.04 Å². The summed E-state index contributed by atoms with van der Waals surface area (Å²) in [6.45, 7) is 0. The van der Waals surface area contributed by atoms with E-state index in [4.69, 9.17) is 5.73 Å². The first-order valence-corrected chi connectivity index (χ1v) is 7.20. The monoisotopic (exact) mass is 316 g/mol. The smallest absolute Gasteiger partial charge is 0.327 e. The number of hydrogen-bond donors (Lipinski definition) is 2. The van der Waals surface area contributed by atoms with E-state index in [-0.39, 0.29) is 17.9 Å². The number of carbonyl (C=O) groups excluding carboxylic acids is 1. The van der Waals surface area contributed by atoms with Gasteiger partial charge in [0.05, 0.1) is 17.2 Å². The van der Waals surface area contributed by atoms with Crippen molar-refractivity contribution < 1.29 is 22.4 Å². The highest BCUT2D eigenvalue weighted by atomic mass is 19.4. The highest BCUT2D eigenvalue weighted by molar-refractivity contribution is 5.93. The van der Waals surface area contributed by atoms with E-state index < -0.39 is 35.1 Å². The molecular weight excluding hydrogens is 300 g/mol. The third kappa shape index (κ3) is 2.58. The lowest BCUT2D eigenvalue weighted by molar-refractivity contribution is -0.137. The van der Waals surface area contributed by atoms with E-state index in [0.29, 0.717) is 18.2 Å². The van der Waals surface area contributed by atoms with Crippen LogP contribution in [0, 0.1) is 23.6 Å². The van der Waals surface area contributed by atoms with Gasteiger partial charge in [0.1, 0.15) is 5.82 Å². The average molecular weight is 316 g/mol. The SMILES string of the molecule is NC1C2CCC(C2)C1C(=O)Nc1cc(C(F)(F)F)ccc1F. The molecule has 0 spiro atoms. The van der Waals surface area contributed by atoms with Crippen LogP contribution in [0.25, 0.3) is 0 Å². The number of amides is 1. The number of nitrogens with two attached hydrogens (primary N) is 1. The molecular formula is C15H16F4N2O. The molecule has 2 bridgehead atoms. The van der Waals surface area contributed by atoms with Gasteiger partial charge in [0.25, 0.3) is 0 Å². The van der Waals surface area contributed by atoms with Crippen molar-refractivity contribution in [3.8, 4) is 0 Å². The van der Waals surface area contributed by atoms with E-state index in [0.717, 1.165) is 19.3 Å². The topological polar surface area (TPSA) is 55.1 Å². The number of nitrogens with one attached hydrogen (secondary N) is 1. The summed E-state index contributed by atoms with van der Waals surface area (Å²) in [5.41, 5.74) is 4.57. The Morgan fingerprint density at radius 2 is 1.91 bits per heavy atom. The van der Waals surface area contributed by atoms with Gasteiger partial charge in [-0.1, -0.05) is 0 Å². The lowest BCUT2D eigenvalue weighted by atomic mass is 9.84. The molecule has 2 fully saturated rings. The third-order valence-corrected chi connectivity index (χ3v) is 4.83. The van der Waals surface area contributed by atoms with Gasteiger partial charge < -0.3 is 11.1 Å². The molecule has 0 heterocycles. The summed E-state index contributed by atoms with van der Waals surface area (Å²) in [4.78, 5) is 12.3. The minimum Gasteiger partial charge on any atom is -0.327 e. The minimum atomic E-state index is -4.59. The van der Waals surface area contributed by atoms with E-state index >= 15 is 0 Å². The van der Waals surface area contributed by atoms with Gasteiger partial charge in [-0.25, -0.2) is 4.39 Å². The van der Waals surface area contributed by atoms with E-state index in [9.17, 15) is 22.4 Å². The molecule has 4 atom stereocenters. The number of hydrogen-bond acceptors (Lipinski definition) is 2. The summed E-state index contributed by atoms with van der Waals surface area (Å²) in [6.07, 6.45) is -1.85. The number of fused-ring (bicyclic) bond motifs is 2. The second-order valence-electron chi connectivity index (χ2n) is 6.12. The van der Waals surface area contributed by atoms with Crippen molar-refractivity contribution >= 4 is 11.6 Å². The Bertz CT molecular complexity index is 600. The van der Waals surface area contributed by atoms with Gasteiger partial charge in [-0.05, 0) is 49.3 Å². The van der Waals surface area contributed by atoms with Crippen LogP contribution in [0.4, 0.5) is 23.2 Å². The fraction of sp³-hybridized carbons (Fsp3) is 0.533. The molecule has 4 unspecified atom stereocenters. The van der Waals surface area contributed by atoms with Crippen molar-refractivity contribution in [1.29, 1.82) is 0 Å². The largest absolute Gasteiger partial charge is 0.416 e. The van der Waals surface area contributed by atoms with Gasteiger partial charge in [-0.2, -0.15) is 13.2 Å². The van der Waals surface area contributed by atoms with Crippen molar-refractivity contribution in [1.82, 2.24) is 0 Å². The Balaban J connectivity index is 1.80. The molecule has 1 aromatic carbocycles. The van der Waals surface area contributed by atoms with Crippen molar-refractivity contribution in [2.75, 3.05) is 5.32 Å². The van der Waals surface area contributed by atoms with E-state index in [2.05, 4.69) is 5.32 Å². The predicted octanol–water partition coefficient (Wildman–Crippen LogP) is 3.16. The summed E-state index contributed by atoms with van der Waals surface area (Å²) in [5, 5.41) is 2.29. The lowest BCUT2D eigenvalue weighted by Crippen LogP contribution is -2.42. The Morgan fingerprint density at radius 1 is 1.23 bits per heavy atom. The minimum absolute atomic E-state index is 0.147. The van der Waals surface area contributed by atoms with Gasteiger partial charge in [0.2, 0.25) is 5.91 Å².